The smallest absolute Gasteiger partial charge is 0.256 e. The van der Waals surface area contributed by atoms with E-state index in [1.165, 1.54) is 18.0 Å². The van der Waals surface area contributed by atoms with Crippen LogP contribution >= 0.6 is 11.8 Å². The van der Waals surface area contributed by atoms with Crippen LogP contribution in [0.3, 0.4) is 0 Å². The highest BCUT2D eigenvalue weighted by atomic mass is 32.2. The lowest BCUT2D eigenvalue weighted by molar-refractivity contribution is 0.369. The quantitative estimate of drug-likeness (QED) is 0.810. The molecule has 2 heterocycles. The Morgan fingerprint density at radius 3 is 2.88 bits per heavy atom. The SMILES string of the molecule is CC(C)(N)c1noc(CSc2ncco2)n1. The first-order chi connectivity index (χ1) is 7.55. The third-order valence-corrected chi connectivity index (χ3v) is 2.61. The predicted molar refractivity (Wildman–Crippen MR) is 57.6 cm³/mol. The highest BCUT2D eigenvalue weighted by Gasteiger charge is 2.21. The van der Waals surface area contributed by atoms with Gasteiger partial charge in [0.05, 0.1) is 17.5 Å². The molecule has 16 heavy (non-hydrogen) atoms. The van der Waals surface area contributed by atoms with E-state index in [0.29, 0.717) is 22.7 Å². The van der Waals surface area contributed by atoms with Gasteiger partial charge in [0.15, 0.2) is 5.82 Å². The Balaban J connectivity index is 1.98. The Labute approximate surface area is 96.6 Å². The second-order valence-corrected chi connectivity index (χ2v) is 4.75. The molecule has 0 amide bonds. The summed E-state index contributed by atoms with van der Waals surface area (Å²) in [5.41, 5.74) is 5.25. The summed E-state index contributed by atoms with van der Waals surface area (Å²) in [4.78, 5) is 8.16. The number of thioether (sulfide) groups is 1. The van der Waals surface area contributed by atoms with Gasteiger partial charge in [0.2, 0.25) is 5.89 Å². The van der Waals surface area contributed by atoms with Gasteiger partial charge in [-0.3, -0.25) is 0 Å². The lowest BCUT2D eigenvalue weighted by Crippen LogP contribution is -2.30. The van der Waals surface area contributed by atoms with Crippen LogP contribution in [0, 0.1) is 0 Å². The Bertz CT molecular complexity index is 446. The predicted octanol–water partition coefficient (Wildman–Crippen LogP) is 1.54. The van der Waals surface area contributed by atoms with Crippen LogP contribution in [-0.4, -0.2) is 15.1 Å². The standard InChI is InChI=1S/C9H12N4O2S/c1-9(2,10)7-12-6(15-13-7)5-16-8-11-3-4-14-8/h3-4H,5,10H2,1-2H3. The van der Waals surface area contributed by atoms with Crippen molar-refractivity contribution in [3.63, 3.8) is 0 Å². The molecule has 86 valence electrons. The molecule has 2 aromatic rings. The molecule has 0 fully saturated rings. The number of aromatic nitrogens is 3. The van der Waals surface area contributed by atoms with E-state index in [0.717, 1.165) is 0 Å². The Morgan fingerprint density at radius 2 is 2.31 bits per heavy atom. The van der Waals surface area contributed by atoms with Gasteiger partial charge in [0.25, 0.3) is 5.22 Å². The van der Waals surface area contributed by atoms with Crippen molar-refractivity contribution in [2.24, 2.45) is 5.73 Å². The molecular formula is C9H12N4O2S. The normalized spacial score (nSPS) is 11.9. The summed E-state index contributed by atoms with van der Waals surface area (Å²) < 4.78 is 10.1. The maximum atomic E-state index is 5.84. The minimum Gasteiger partial charge on any atom is -0.440 e. The fraction of sp³-hybridized carbons (Fsp3) is 0.444. The van der Waals surface area contributed by atoms with Crippen molar-refractivity contribution in [1.82, 2.24) is 15.1 Å². The molecule has 0 spiro atoms. The lowest BCUT2D eigenvalue weighted by atomic mass is 10.1. The summed E-state index contributed by atoms with van der Waals surface area (Å²) in [7, 11) is 0. The molecular weight excluding hydrogens is 228 g/mol. The molecule has 0 bridgehead atoms. The maximum absolute atomic E-state index is 5.84. The summed E-state index contributed by atoms with van der Waals surface area (Å²) in [5, 5.41) is 4.39. The lowest BCUT2D eigenvalue weighted by Gasteiger charge is -2.11. The second kappa shape index (κ2) is 4.26. The van der Waals surface area contributed by atoms with Crippen LogP contribution in [0.4, 0.5) is 0 Å². The van der Waals surface area contributed by atoms with Crippen molar-refractivity contribution >= 4 is 11.8 Å². The number of oxazole rings is 1. The van der Waals surface area contributed by atoms with Crippen molar-refractivity contribution in [2.45, 2.75) is 30.4 Å². The van der Waals surface area contributed by atoms with Gasteiger partial charge in [0, 0.05) is 0 Å². The Hall–Kier alpha value is -1.34. The minimum absolute atomic E-state index is 0.496. The monoisotopic (exact) mass is 240 g/mol. The summed E-state index contributed by atoms with van der Waals surface area (Å²) in [6.45, 7) is 3.64. The topological polar surface area (TPSA) is 91.0 Å². The molecule has 2 N–H and O–H groups in total. The fourth-order valence-electron chi connectivity index (χ4n) is 0.980. The summed E-state index contributed by atoms with van der Waals surface area (Å²) in [5.74, 6) is 1.52. The molecule has 0 saturated heterocycles. The van der Waals surface area contributed by atoms with E-state index in [1.54, 1.807) is 6.20 Å². The van der Waals surface area contributed by atoms with Crippen LogP contribution in [0.5, 0.6) is 0 Å². The number of hydrogen-bond acceptors (Lipinski definition) is 7. The summed E-state index contributed by atoms with van der Waals surface area (Å²) >= 11 is 1.39. The van der Waals surface area contributed by atoms with Gasteiger partial charge in [-0.05, 0) is 13.8 Å². The van der Waals surface area contributed by atoms with E-state index in [1.807, 2.05) is 13.8 Å². The zero-order valence-electron chi connectivity index (χ0n) is 9.01. The number of nitrogens with two attached hydrogens (primary N) is 1. The highest BCUT2D eigenvalue weighted by Crippen LogP contribution is 2.21. The summed E-state index contributed by atoms with van der Waals surface area (Å²) in [6, 6.07) is 0. The van der Waals surface area contributed by atoms with E-state index < -0.39 is 5.54 Å². The van der Waals surface area contributed by atoms with Gasteiger partial charge in [-0.25, -0.2) is 4.98 Å². The average Bonchev–Trinajstić information content (AvgIpc) is 2.85. The molecule has 6 nitrogen and oxygen atoms in total. The number of nitrogens with zero attached hydrogens (tertiary/aromatic N) is 3. The average molecular weight is 240 g/mol. The molecule has 0 atom stereocenters. The van der Waals surface area contributed by atoms with Gasteiger partial charge >= 0.3 is 0 Å². The van der Waals surface area contributed by atoms with Crippen LogP contribution in [0.15, 0.2) is 26.6 Å². The van der Waals surface area contributed by atoms with E-state index in [2.05, 4.69) is 15.1 Å². The van der Waals surface area contributed by atoms with E-state index >= 15 is 0 Å². The second-order valence-electron chi connectivity index (χ2n) is 3.82. The van der Waals surface area contributed by atoms with Gasteiger partial charge in [0.1, 0.15) is 6.26 Å². The van der Waals surface area contributed by atoms with Crippen molar-refractivity contribution in [3.05, 3.63) is 24.2 Å². The van der Waals surface area contributed by atoms with E-state index in [4.69, 9.17) is 14.7 Å². The maximum Gasteiger partial charge on any atom is 0.256 e. The minimum atomic E-state index is -0.588. The molecule has 0 aliphatic carbocycles. The Kier molecular flexibility index (Phi) is 2.97. The van der Waals surface area contributed by atoms with Crippen molar-refractivity contribution in [3.8, 4) is 0 Å². The fourth-order valence-corrected chi connectivity index (χ4v) is 1.60. The van der Waals surface area contributed by atoms with Crippen molar-refractivity contribution < 1.29 is 8.94 Å². The zero-order valence-corrected chi connectivity index (χ0v) is 9.82. The van der Waals surface area contributed by atoms with Crippen LogP contribution in [-0.2, 0) is 11.3 Å². The van der Waals surface area contributed by atoms with Gasteiger partial charge in [-0.2, -0.15) is 4.98 Å². The third-order valence-electron chi connectivity index (χ3n) is 1.77. The molecule has 0 aliphatic rings. The molecule has 7 heteroatoms. The first kappa shape index (κ1) is 11.2. The molecule has 0 aromatic carbocycles. The Morgan fingerprint density at radius 1 is 1.50 bits per heavy atom. The summed E-state index contributed by atoms with van der Waals surface area (Å²) in [6.07, 6.45) is 3.11. The largest absolute Gasteiger partial charge is 0.440 e. The van der Waals surface area contributed by atoms with Crippen LogP contribution < -0.4 is 5.73 Å². The molecule has 0 radical (unpaired) electrons. The molecule has 0 aliphatic heterocycles. The van der Waals surface area contributed by atoms with E-state index in [-0.39, 0.29) is 0 Å². The van der Waals surface area contributed by atoms with Gasteiger partial charge in [-0.15, -0.1) is 0 Å². The number of hydrogen-bond donors (Lipinski definition) is 1. The molecule has 0 unspecified atom stereocenters. The zero-order chi connectivity index (χ0) is 11.6. The van der Waals surface area contributed by atoms with Crippen molar-refractivity contribution in [2.75, 3.05) is 0 Å². The number of rotatable bonds is 4. The van der Waals surface area contributed by atoms with Crippen LogP contribution in [0.1, 0.15) is 25.6 Å². The molecule has 2 aromatic heterocycles. The highest BCUT2D eigenvalue weighted by molar-refractivity contribution is 7.98. The van der Waals surface area contributed by atoms with Gasteiger partial charge in [-0.1, -0.05) is 16.9 Å². The van der Waals surface area contributed by atoms with Crippen molar-refractivity contribution in [1.29, 1.82) is 0 Å². The van der Waals surface area contributed by atoms with Gasteiger partial charge < -0.3 is 14.7 Å². The molecule has 2 rings (SSSR count). The van der Waals surface area contributed by atoms with Crippen LogP contribution in [0.2, 0.25) is 0 Å². The molecule has 0 saturated carbocycles. The van der Waals surface area contributed by atoms with E-state index in [9.17, 15) is 0 Å². The van der Waals surface area contributed by atoms with Crippen LogP contribution in [0.25, 0.3) is 0 Å². The first-order valence-corrected chi connectivity index (χ1v) is 5.68. The third kappa shape index (κ3) is 2.61. The first-order valence-electron chi connectivity index (χ1n) is 4.70.